The SMILES string of the molecule is C=C1[C@@H](C)[C@H]2[C@H](Cc3ccccc3)NC(=O)[C@@]23C(=O)C[C@@H](OC)[C@@](C)(O)C[C@@H](C)C/C=C/[C@H]3[C@@H]1O. The zero-order chi connectivity index (χ0) is 25.5. The zero-order valence-corrected chi connectivity index (χ0v) is 21.2. The fourth-order valence-corrected chi connectivity index (χ4v) is 7.02. The molecule has 0 aromatic heterocycles. The van der Waals surface area contributed by atoms with E-state index >= 15 is 0 Å². The maximum absolute atomic E-state index is 14.3. The fourth-order valence-electron chi connectivity index (χ4n) is 7.02. The van der Waals surface area contributed by atoms with E-state index < -0.39 is 29.1 Å². The predicted molar refractivity (Wildman–Crippen MR) is 134 cm³/mol. The van der Waals surface area contributed by atoms with Gasteiger partial charge in [-0.1, -0.05) is 62.9 Å². The summed E-state index contributed by atoms with van der Waals surface area (Å²) >= 11 is 0. The van der Waals surface area contributed by atoms with Crippen molar-refractivity contribution in [3.8, 4) is 0 Å². The van der Waals surface area contributed by atoms with Crippen molar-refractivity contribution in [2.24, 2.45) is 29.1 Å². The maximum atomic E-state index is 14.3. The molecule has 1 aromatic carbocycles. The second-order valence-electron chi connectivity index (χ2n) is 11.2. The summed E-state index contributed by atoms with van der Waals surface area (Å²) in [7, 11) is 1.49. The number of carbonyl (C=O) groups is 2. The molecule has 1 amide bonds. The number of ether oxygens (including phenoxy) is 1. The molecule has 4 rings (SSSR count). The van der Waals surface area contributed by atoms with Crippen molar-refractivity contribution >= 4 is 11.7 Å². The molecule has 1 aliphatic heterocycles. The summed E-state index contributed by atoms with van der Waals surface area (Å²) in [5.74, 6) is -1.86. The van der Waals surface area contributed by atoms with Gasteiger partial charge in [0.25, 0.3) is 0 Å². The first kappa shape index (κ1) is 25.8. The average Bonchev–Trinajstić information content (AvgIpc) is 3.09. The largest absolute Gasteiger partial charge is 0.388 e. The number of hydrogen-bond donors (Lipinski definition) is 3. The van der Waals surface area contributed by atoms with E-state index in [0.29, 0.717) is 24.8 Å². The van der Waals surface area contributed by atoms with Crippen LogP contribution in [0.15, 0.2) is 54.6 Å². The van der Waals surface area contributed by atoms with Crippen LogP contribution in [0.2, 0.25) is 0 Å². The second kappa shape index (κ2) is 9.64. The Kier molecular flexibility index (Phi) is 7.11. The summed E-state index contributed by atoms with van der Waals surface area (Å²) in [5.41, 5.74) is -0.969. The number of amides is 1. The first-order valence-electron chi connectivity index (χ1n) is 12.7. The summed E-state index contributed by atoms with van der Waals surface area (Å²) in [6, 6.07) is 9.63. The number of methoxy groups -OCH3 is 1. The molecule has 2 fully saturated rings. The van der Waals surface area contributed by atoms with Crippen molar-refractivity contribution in [3.63, 3.8) is 0 Å². The summed E-state index contributed by atoms with van der Waals surface area (Å²) < 4.78 is 5.65. The van der Waals surface area contributed by atoms with E-state index in [1.165, 1.54) is 7.11 Å². The molecule has 1 heterocycles. The molecule has 1 aromatic rings. The summed E-state index contributed by atoms with van der Waals surface area (Å²) in [6.07, 6.45) is 3.63. The molecule has 6 heteroatoms. The maximum Gasteiger partial charge on any atom is 0.235 e. The van der Waals surface area contributed by atoms with Gasteiger partial charge in [-0.3, -0.25) is 9.59 Å². The number of allylic oxidation sites excluding steroid dienone is 1. The minimum absolute atomic E-state index is 0.103. The van der Waals surface area contributed by atoms with Gasteiger partial charge in [-0.25, -0.2) is 0 Å². The van der Waals surface area contributed by atoms with Gasteiger partial charge >= 0.3 is 0 Å². The molecule has 0 radical (unpaired) electrons. The van der Waals surface area contributed by atoms with Gasteiger partial charge in [-0.05, 0) is 49.2 Å². The zero-order valence-electron chi connectivity index (χ0n) is 21.2. The fraction of sp³-hybridized carbons (Fsp3) is 0.586. The van der Waals surface area contributed by atoms with E-state index in [-0.39, 0.29) is 41.9 Å². The van der Waals surface area contributed by atoms with Crippen LogP contribution in [0, 0.1) is 29.1 Å². The Hall–Kier alpha value is -2.28. The van der Waals surface area contributed by atoms with Crippen molar-refractivity contribution in [2.75, 3.05) is 7.11 Å². The third-order valence-corrected chi connectivity index (χ3v) is 8.77. The highest BCUT2D eigenvalue weighted by Crippen LogP contribution is 2.57. The van der Waals surface area contributed by atoms with Crippen LogP contribution in [0.4, 0.5) is 0 Å². The van der Waals surface area contributed by atoms with Crippen LogP contribution in [-0.4, -0.2) is 52.9 Å². The summed E-state index contributed by atoms with van der Waals surface area (Å²) in [4.78, 5) is 28.2. The van der Waals surface area contributed by atoms with E-state index in [9.17, 15) is 19.8 Å². The number of aliphatic hydroxyl groups is 2. The lowest BCUT2D eigenvalue weighted by atomic mass is 9.51. The number of rotatable bonds is 3. The van der Waals surface area contributed by atoms with Crippen LogP contribution in [0.1, 0.15) is 45.6 Å². The predicted octanol–water partition coefficient (Wildman–Crippen LogP) is 3.22. The van der Waals surface area contributed by atoms with Gasteiger partial charge in [-0.15, -0.1) is 0 Å². The third kappa shape index (κ3) is 4.30. The number of benzene rings is 1. The standard InChI is InChI=1S/C29H39NO5/c1-17-10-9-13-21-26(32)19(3)18(2)25-22(14-20-11-7-6-8-12-20)30-27(33)29(21,25)23(31)15-24(35-5)28(4,34)16-17/h6-9,11-13,17-18,21-22,24-26,32,34H,3,10,14-16H2,1-2,4-5H3,(H,30,33)/b13-9+/t17-,18+,21-,22-,24+,25-,26+,28-,29-/m0/s1. The summed E-state index contributed by atoms with van der Waals surface area (Å²) in [5, 5.41) is 25.8. The minimum Gasteiger partial charge on any atom is -0.388 e. The van der Waals surface area contributed by atoms with Gasteiger partial charge in [0, 0.05) is 31.4 Å². The van der Waals surface area contributed by atoms with Gasteiger partial charge in [0.15, 0.2) is 5.78 Å². The molecule has 0 bridgehead atoms. The van der Waals surface area contributed by atoms with Gasteiger partial charge in [0.2, 0.25) is 5.91 Å². The first-order valence-corrected chi connectivity index (χ1v) is 12.7. The minimum atomic E-state index is -1.46. The highest BCUT2D eigenvalue weighted by atomic mass is 16.5. The highest BCUT2D eigenvalue weighted by molar-refractivity contribution is 6.09. The quantitative estimate of drug-likeness (QED) is 0.455. The van der Waals surface area contributed by atoms with Gasteiger partial charge in [0.05, 0.1) is 17.8 Å². The molecule has 3 N–H and O–H groups in total. The molecule has 6 nitrogen and oxygen atoms in total. The van der Waals surface area contributed by atoms with Crippen molar-refractivity contribution in [3.05, 3.63) is 60.2 Å². The number of hydrogen-bond acceptors (Lipinski definition) is 5. The van der Waals surface area contributed by atoms with E-state index in [1.54, 1.807) is 6.92 Å². The molecule has 1 saturated heterocycles. The Balaban J connectivity index is 1.85. The number of Topliss-reactive ketones (excluding diaryl/α,β-unsaturated/α-hetero) is 1. The van der Waals surface area contributed by atoms with Crippen molar-refractivity contribution < 1.29 is 24.5 Å². The Bertz CT molecular complexity index is 1000. The smallest absolute Gasteiger partial charge is 0.235 e. The molecular weight excluding hydrogens is 442 g/mol. The molecule has 2 aliphatic carbocycles. The van der Waals surface area contributed by atoms with Gasteiger partial charge in [-0.2, -0.15) is 0 Å². The molecule has 9 atom stereocenters. The van der Waals surface area contributed by atoms with E-state index in [4.69, 9.17) is 4.74 Å². The third-order valence-electron chi connectivity index (χ3n) is 8.77. The Morgan fingerprint density at radius 1 is 1.20 bits per heavy atom. The molecule has 0 unspecified atom stereocenters. The molecule has 190 valence electrons. The average molecular weight is 482 g/mol. The van der Waals surface area contributed by atoms with E-state index in [1.807, 2.05) is 56.3 Å². The van der Waals surface area contributed by atoms with Crippen LogP contribution >= 0.6 is 0 Å². The number of ketones is 1. The van der Waals surface area contributed by atoms with Crippen LogP contribution < -0.4 is 5.32 Å². The van der Waals surface area contributed by atoms with Crippen molar-refractivity contribution in [2.45, 2.75) is 70.3 Å². The lowest BCUT2D eigenvalue weighted by Gasteiger charge is -2.49. The molecule has 1 spiro atoms. The monoisotopic (exact) mass is 481 g/mol. The number of carbonyl (C=O) groups excluding carboxylic acids is 2. The topological polar surface area (TPSA) is 95.9 Å². The number of aliphatic hydroxyl groups excluding tert-OH is 1. The second-order valence-corrected chi connectivity index (χ2v) is 11.2. The Morgan fingerprint density at radius 2 is 1.89 bits per heavy atom. The van der Waals surface area contributed by atoms with E-state index in [0.717, 1.165) is 5.56 Å². The molecular formula is C29H39NO5. The van der Waals surface area contributed by atoms with Crippen LogP contribution in [0.5, 0.6) is 0 Å². The van der Waals surface area contributed by atoms with Crippen molar-refractivity contribution in [1.82, 2.24) is 5.32 Å². The Labute approximate surface area is 208 Å². The first-order chi connectivity index (χ1) is 16.5. The van der Waals surface area contributed by atoms with E-state index in [2.05, 4.69) is 11.9 Å². The van der Waals surface area contributed by atoms with Gasteiger partial charge in [0.1, 0.15) is 5.41 Å². The molecule has 1 saturated carbocycles. The van der Waals surface area contributed by atoms with Crippen molar-refractivity contribution in [1.29, 1.82) is 0 Å². The summed E-state index contributed by atoms with van der Waals surface area (Å²) in [6.45, 7) is 9.90. The number of nitrogens with one attached hydrogen (secondary N) is 1. The van der Waals surface area contributed by atoms with Crippen LogP contribution in [-0.2, 0) is 20.7 Å². The normalized spacial score (nSPS) is 43.0. The lowest BCUT2D eigenvalue weighted by molar-refractivity contribution is -0.157. The highest BCUT2D eigenvalue weighted by Gasteiger charge is 2.68. The lowest BCUT2D eigenvalue weighted by Crippen LogP contribution is -2.59. The van der Waals surface area contributed by atoms with Crippen LogP contribution in [0.3, 0.4) is 0 Å². The molecule has 3 aliphatic rings. The van der Waals surface area contributed by atoms with Crippen LogP contribution in [0.25, 0.3) is 0 Å². The Morgan fingerprint density at radius 3 is 2.54 bits per heavy atom. The molecule has 35 heavy (non-hydrogen) atoms. The van der Waals surface area contributed by atoms with Gasteiger partial charge < -0.3 is 20.3 Å².